The Morgan fingerprint density at radius 2 is 2.10 bits per heavy atom. The topological polar surface area (TPSA) is 92.4 Å². The van der Waals surface area contributed by atoms with Crippen molar-refractivity contribution >= 4 is 29.2 Å². The van der Waals surface area contributed by atoms with Crippen LogP contribution < -0.4 is 11.1 Å². The molecule has 0 aromatic heterocycles. The van der Waals surface area contributed by atoms with Gasteiger partial charge in [-0.1, -0.05) is 24.9 Å². The number of carbonyl (C=O) groups is 2. The summed E-state index contributed by atoms with van der Waals surface area (Å²) in [6, 6.07) is 4.37. The lowest BCUT2D eigenvalue weighted by molar-refractivity contribution is -0.116. The van der Waals surface area contributed by atoms with Crippen LogP contribution in [0, 0.1) is 5.92 Å². The van der Waals surface area contributed by atoms with Gasteiger partial charge in [0.25, 0.3) is 0 Å². The van der Waals surface area contributed by atoms with Crippen molar-refractivity contribution in [2.45, 2.75) is 32.6 Å². The van der Waals surface area contributed by atoms with E-state index in [2.05, 4.69) is 12.2 Å². The third-order valence-electron chi connectivity index (χ3n) is 3.42. The quantitative estimate of drug-likeness (QED) is 0.687. The first kappa shape index (κ1) is 17.5. The lowest BCUT2D eigenvalue weighted by Crippen LogP contribution is -2.16. The van der Waals surface area contributed by atoms with E-state index in [9.17, 15) is 9.59 Å². The summed E-state index contributed by atoms with van der Waals surface area (Å²) in [7, 11) is 0. The Balaban J connectivity index is 2.65. The highest BCUT2D eigenvalue weighted by Crippen LogP contribution is 2.22. The molecule has 0 aliphatic heterocycles. The van der Waals surface area contributed by atoms with Crippen molar-refractivity contribution in [3.05, 3.63) is 28.8 Å². The van der Waals surface area contributed by atoms with Gasteiger partial charge < -0.3 is 16.2 Å². The third kappa shape index (κ3) is 5.73. The molecule has 5 nitrogen and oxygen atoms in total. The van der Waals surface area contributed by atoms with Gasteiger partial charge in [0.05, 0.1) is 11.3 Å². The molecule has 21 heavy (non-hydrogen) atoms. The highest BCUT2D eigenvalue weighted by Gasteiger charge is 2.14. The van der Waals surface area contributed by atoms with Gasteiger partial charge in [-0.05, 0) is 43.5 Å². The second kappa shape index (κ2) is 8.64. The van der Waals surface area contributed by atoms with E-state index in [1.165, 1.54) is 12.1 Å². The molecule has 1 atom stereocenters. The van der Waals surface area contributed by atoms with E-state index in [-0.39, 0.29) is 17.2 Å². The van der Waals surface area contributed by atoms with Gasteiger partial charge in [0.15, 0.2) is 0 Å². The van der Waals surface area contributed by atoms with Crippen LogP contribution in [0.1, 0.15) is 43.0 Å². The van der Waals surface area contributed by atoms with Gasteiger partial charge in [0.1, 0.15) is 0 Å². The monoisotopic (exact) mass is 312 g/mol. The molecule has 1 rings (SSSR count). The molecule has 0 saturated carbocycles. The van der Waals surface area contributed by atoms with Gasteiger partial charge in [0.2, 0.25) is 5.91 Å². The van der Waals surface area contributed by atoms with Crippen molar-refractivity contribution in [2.75, 3.05) is 11.9 Å². The highest BCUT2D eigenvalue weighted by atomic mass is 35.5. The van der Waals surface area contributed by atoms with Crippen LogP contribution in [0.2, 0.25) is 5.02 Å². The Morgan fingerprint density at radius 3 is 2.67 bits per heavy atom. The second-order valence-corrected chi connectivity index (χ2v) is 5.37. The van der Waals surface area contributed by atoms with E-state index in [1.54, 1.807) is 6.07 Å². The summed E-state index contributed by atoms with van der Waals surface area (Å²) in [5.41, 5.74) is 5.78. The van der Waals surface area contributed by atoms with Gasteiger partial charge in [-0.2, -0.15) is 0 Å². The molecule has 6 heteroatoms. The number of amides is 1. The molecule has 1 aromatic rings. The molecule has 0 radical (unpaired) electrons. The molecule has 1 amide bonds. The zero-order valence-electron chi connectivity index (χ0n) is 12.1. The van der Waals surface area contributed by atoms with E-state index >= 15 is 0 Å². The largest absolute Gasteiger partial charge is 0.478 e. The number of carboxylic acid groups (broad SMARTS) is 1. The predicted octanol–water partition coefficient (Wildman–Crippen LogP) is 3.13. The number of rotatable bonds is 8. The molecule has 0 spiro atoms. The van der Waals surface area contributed by atoms with E-state index in [0.717, 1.165) is 19.3 Å². The summed E-state index contributed by atoms with van der Waals surface area (Å²) in [5.74, 6) is -0.900. The number of hydrogen-bond acceptors (Lipinski definition) is 3. The van der Waals surface area contributed by atoms with Crippen molar-refractivity contribution in [3.63, 3.8) is 0 Å². The van der Waals surface area contributed by atoms with Crippen molar-refractivity contribution in [2.24, 2.45) is 11.7 Å². The molecule has 0 heterocycles. The Labute approximate surface area is 129 Å². The van der Waals surface area contributed by atoms with E-state index in [4.69, 9.17) is 22.4 Å². The Kier molecular flexibility index (Phi) is 7.19. The van der Waals surface area contributed by atoms with Crippen molar-refractivity contribution in [3.8, 4) is 0 Å². The van der Waals surface area contributed by atoms with Crippen LogP contribution >= 0.6 is 11.6 Å². The summed E-state index contributed by atoms with van der Waals surface area (Å²) in [5, 5.41) is 12.1. The molecule has 0 saturated heterocycles. The Bertz CT molecular complexity index is 506. The van der Waals surface area contributed by atoms with Crippen molar-refractivity contribution in [1.82, 2.24) is 0 Å². The van der Waals surface area contributed by atoms with Crippen LogP contribution in [0.3, 0.4) is 0 Å². The number of aromatic carboxylic acids is 1. The first-order valence-electron chi connectivity index (χ1n) is 7.00. The number of carboxylic acids is 1. The van der Waals surface area contributed by atoms with E-state index in [1.807, 2.05) is 0 Å². The van der Waals surface area contributed by atoms with Crippen LogP contribution in [0.25, 0.3) is 0 Å². The molecular formula is C15H21ClN2O3. The number of carbonyl (C=O) groups excluding carboxylic acids is 1. The highest BCUT2D eigenvalue weighted by molar-refractivity contribution is 6.31. The fourth-order valence-electron chi connectivity index (χ4n) is 2.14. The maximum absolute atomic E-state index is 11.9. The molecule has 0 aliphatic carbocycles. The first-order chi connectivity index (χ1) is 9.97. The number of benzene rings is 1. The van der Waals surface area contributed by atoms with Gasteiger partial charge >= 0.3 is 5.97 Å². The van der Waals surface area contributed by atoms with Gasteiger partial charge in [-0.3, -0.25) is 4.79 Å². The minimum atomic E-state index is -1.12. The first-order valence-corrected chi connectivity index (χ1v) is 7.38. The minimum absolute atomic E-state index is 0.00940. The smallest absolute Gasteiger partial charge is 0.337 e. The average molecular weight is 313 g/mol. The minimum Gasteiger partial charge on any atom is -0.478 e. The lowest BCUT2D eigenvalue weighted by atomic mass is 9.96. The van der Waals surface area contributed by atoms with Crippen LogP contribution in [-0.4, -0.2) is 23.5 Å². The van der Waals surface area contributed by atoms with Gasteiger partial charge in [0, 0.05) is 11.4 Å². The third-order valence-corrected chi connectivity index (χ3v) is 3.65. The summed E-state index contributed by atoms with van der Waals surface area (Å²) in [4.78, 5) is 23.1. The molecule has 0 bridgehead atoms. The normalized spacial score (nSPS) is 12.0. The molecule has 116 valence electrons. The molecular weight excluding hydrogens is 292 g/mol. The maximum atomic E-state index is 11.9. The SMILES string of the molecule is CCC(CCN)CCC(=O)Nc1ccc(Cl)cc1C(=O)O. The Morgan fingerprint density at radius 1 is 1.38 bits per heavy atom. The van der Waals surface area contributed by atoms with Crippen molar-refractivity contribution < 1.29 is 14.7 Å². The molecule has 0 aliphatic rings. The average Bonchev–Trinajstić information content (AvgIpc) is 2.45. The lowest BCUT2D eigenvalue weighted by Gasteiger charge is -2.14. The van der Waals surface area contributed by atoms with E-state index in [0.29, 0.717) is 23.9 Å². The fourth-order valence-corrected chi connectivity index (χ4v) is 2.31. The zero-order chi connectivity index (χ0) is 15.8. The number of nitrogens with one attached hydrogen (secondary N) is 1. The van der Waals surface area contributed by atoms with Gasteiger partial charge in [-0.15, -0.1) is 0 Å². The summed E-state index contributed by atoms with van der Waals surface area (Å²) in [6.07, 6.45) is 2.96. The summed E-state index contributed by atoms with van der Waals surface area (Å²) < 4.78 is 0. The van der Waals surface area contributed by atoms with Crippen LogP contribution in [0.4, 0.5) is 5.69 Å². The predicted molar refractivity (Wildman–Crippen MR) is 83.7 cm³/mol. The van der Waals surface area contributed by atoms with Crippen LogP contribution in [-0.2, 0) is 4.79 Å². The number of halogens is 1. The number of hydrogen-bond donors (Lipinski definition) is 3. The molecule has 0 fully saturated rings. The number of nitrogens with two attached hydrogens (primary N) is 1. The van der Waals surface area contributed by atoms with Crippen molar-refractivity contribution in [1.29, 1.82) is 0 Å². The Hall–Kier alpha value is -1.59. The fraction of sp³-hybridized carbons (Fsp3) is 0.467. The molecule has 1 unspecified atom stereocenters. The maximum Gasteiger partial charge on any atom is 0.337 e. The van der Waals surface area contributed by atoms with Crippen LogP contribution in [0.15, 0.2) is 18.2 Å². The van der Waals surface area contributed by atoms with E-state index < -0.39 is 5.97 Å². The number of anilines is 1. The van der Waals surface area contributed by atoms with Crippen LogP contribution in [0.5, 0.6) is 0 Å². The molecule has 1 aromatic carbocycles. The summed E-state index contributed by atoms with van der Waals surface area (Å²) in [6.45, 7) is 2.68. The zero-order valence-corrected chi connectivity index (χ0v) is 12.8. The molecule has 4 N–H and O–H groups in total. The summed E-state index contributed by atoms with van der Waals surface area (Å²) >= 11 is 5.77. The second-order valence-electron chi connectivity index (χ2n) is 4.93. The van der Waals surface area contributed by atoms with Gasteiger partial charge in [-0.25, -0.2) is 4.79 Å². The standard InChI is InChI=1S/C15H21ClN2O3/c1-2-10(7-8-17)3-6-14(19)18-13-5-4-11(16)9-12(13)15(20)21/h4-5,9-10H,2-3,6-8,17H2,1H3,(H,18,19)(H,20,21).